The van der Waals surface area contributed by atoms with Gasteiger partial charge in [-0.05, 0) is 57.8 Å². The van der Waals surface area contributed by atoms with Gasteiger partial charge in [0.15, 0.2) is 11.1 Å². The van der Waals surface area contributed by atoms with Gasteiger partial charge in [-0.2, -0.15) is 0 Å². The van der Waals surface area contributed by atoms with E-state index in [9.17, 15) is 8.76 Å². The molecule has 18 heavy (non-hydrogen) atoms. The molecule has 0 aliphatic carbocycles. The van der Waals surface area contributed by atoms with E-state index >= 15 is 0 Å². The SMILES string of the molecule is CC1CCN(CC(N2CCCCC2)S(=O)O)CC1. The predicted molar refractivity (Wildman–Crippen MR) is 74.8 cm³/mol. The van der Waals surface area contributed by atoms with E-state index in [-0.39, 0.29) is 5.37 Å². The molecule has 0 saturated carbocycles. The summed E-state index contributed by atoms with van der Waals surface area (Å²) in [6.07, 6.45) is 6.06. The molecule has 2 rings (SSSR count). The van der Waals surface area contributed by atoms with Crippen molar-refractivity contribution in [3.05, 3.63) is 0 Å². The minimum absolute atomic E-state index is 0.182. The van der Waals surface area contributed by atoms with Crippen molar-refractivity contribution in [2.45, 2.75) is 44.4 Å². The van der Waals surface area contributed by atoms with Crippen molar-refractivity contribution in [1.82, 2.24) is 9.80 Å². The molecule has 0 aromatic rings. The lowest BCUT2D eigenvalue weighted by Gasteiger charge is -2.37. The summed E-state index contributed by atoms with van der Waals surface area (Å²) < 4.78 is 21.1. The van der Waals surface area contributed by atoms with Gasteiger partial charge in [0.05, 0.1) is 0 Å². The summed E-state index contributed by atoms with van der Waals surface area (Å²) in [5, 5.41) is -0.182. The standard InChI is InChI=1S/C13H26N2O2S/c1-12-5-9-14(10-6-12)11-13(18(16)17)15-7-3-2-4-8-15/h12-13H,2-11H2,1H3,(H,16,17). The number of piperidine rings is 2. The molecule has 0 aromatic heterocycles. The van der Waals surface area contributed by atoms with Crippen LogP contribution in [-0.2, 0) is 11.1 Å². The molecular formula is C13H26N2O2S. The van der Waals surface area contributed by atoms with Crippen molar-refractivity contribution >= 4 is 11.1 Å². The minimum atomic E-state index is -1.73. The van der Waals surface area contributed by atoms with Gasteiger partial charge in [0, 0.05) is 6.54 Å². The largest absolute Gasteiger partial charge is 0.305 e. The number of hydrogen-bond donors (Lipinski definition) is 1. The van der Waals surface area contributed by atoms with Gasteiger partial charge in [-0.3, -0.25) is 4.90 Å². The third-order valence-corrected chi connectivity index (χ3v) is 5.23. The van der Waals surface area contributed by atoms with Crippen LogP contribution >= 0.6 is 0 Å². The number of hydrogen-bond acceptors (Lipinski definition) is 3. The monoisotopic (exact) mass is 274 g/mol. The highest BCUT2D eigenvalue weighted by molar-refractivity contribution is 7.79. The van der Waals surface area contributed by atoms with Crippen molar-refractivity contribution in [2.24, 2.45) is 5.92 Å². The zero-order valence-corrected chi connectivity index (χ0v) is 12.2. The van der Waals surface area contributed by atoms with E-state index < -0.39 is 11.1 Å². The second-order valence-electron chi connectivity index (χ2n) is 5.81. The van der Waals surface area contributed by atoms with Crippen molar-refractivity contribution < 1.29 is 8.76 Å². The van der Waals surface area contributed by atoms with Crippen LogP contribution in [-0.4, -0.2) is 56.7 Å². The summed E-state index contributed by atoms with van der Waals surface area (Å²) in [4.78, 5) is 4.59. The van der Waals surface area contributed by atoms with Gasteiger partial charge in [0.25, 0.3) is 0 Å². The van der Waals surface area contributed by atoms with Gasteiger partial charge >= 0.3 is 0 Å². The fourth-order valence-corrected chi connectivity index (χ4v) is 3.78. The van der Waals surface area contributed by atoms with Gasteiger partial charge in [-0.1, -0.05) is 13.3 Å². The Kier molecular flexibility index (Phi) is 5.60. The highest BCUT2D eigenvalue weighted by Crippen LogP contribution is 2.19. The molecule has 4 nitrogen and oxygen atoms in total. The maximum Gasteiger partial charge on any atom is 0.172 e. The lowest BCUT2D eigenvalue weighted by atomic mass is 9.99. The smallest absolute Gasteiger partial charge is 0.172 e. The summed E-state index contributed by atoms with van der Waals surface area (Å²) in [6, 6.07) is 0. The minimum Gasteiger partial charge on any atom is -0.305 e. The fraction of sp³-hybridized carbons (Fsp3) is 1.00. The Morgan fingerprint density at radius 2 is 1.78 bits per heavy atom. The highest BCUT2D eigenvalue weighted by atomic mass is 32.2. The number of likely N-dealkylation sites (tertiary alicyclic amines) is 2. The van der Waals surface area contributed by atoms with Crippen LogP contribution in [0.25, 0.3) is 0 Å². The second-order valence-corrected chi connectivity index (χ2v) is 6.91. The molecule has 2 aliphatic heterocycles. The van der Waals surface area contributed by atoms with Crippen molar-refractivity contribution in [1.29, 1.82) is 0 Å². The first-order valence-electron chi connectivity index (χ1n) is 7.23. The Bertz CT molecular complexity index is 274. The third-order valence-electron chi connectivity index (χ3n) is 4.32. The van der Waals surface area contributed by atoms with Crippen LogP contribution in [0, 0.1) is 5.92 Å². The lowest BCUT2D eigenvalue weighted by molar-refractivity contribution is 0.131. The van der Waals surface area contributed by atoms with E-state index in [2.05, 4.69) is 16.7 Å². The molecular weight excluding hydrogens is 248 g/mol. The van der Waals surface area contributed by atoms with Crippen LogP contribution in [0.5, 0.6) is 0 Å². The molecule has 2 aliphatic rings. The molecule has 2 heterocycles. The summed E-state index contributed by atoms with van der Waals surface area (Å²) in [5.74, 6) is 0.814. The molecule has 2 unspecified atom stereocenters. The maximum absolute atomic E-state index is 11.6. The molecule has 2 saturated heterocycles. The summed E-state index contributed by atoms with van der Waals surface area (Å²) >= 11 is -1.73. The molecule has 0 radical (unpaired) electrons. The normalized spacial score (nSPS) is 28.1. The first-order valence-corrected chi connectivity index (χ1v) is 8.40. The first-order chi connectivity index (χ1) is 8.66. The van der Waals surface area contributed by atoms with E-state index in [4.69, 9.17) is 0 Å². The molecule has 0 amide bonds. The number of nitrogens with zero attached hydrogens (tertiary/aromatic N) is 2. The van der Waals surface area contributed by atoms with Crippen molar-refractivity contribution in [2.75, 3.05) is 32.7 Å². The van der Waals surface area contributed by atoms with Crippen LogP contribution < -0.4 is 0 Å². The fourth-order valence-electron chi connectivity index (χ4n) is 2.98. The van der Waals surface area contributed by atoms with Crippen LogP contribution in [0.4, 0.5) is 0 Å². The molecule has 106 valence electrons. The van der Waals surface area contributed by atoms with E-state index in [1.165, 1.54) is 32.1 Å². The topological polar surface area (TPSA) is 43.8 Å². The van der Waals surface area contributed by atoms with Crippen molar-refractivity contribution in [3.8, 4) is 0 Å². The Morgan fingerprint density at radius 3 is 2.33 bits per heavy atom. The zero-order chi connectivity index (χ0) is 13.0. The molecule has 5 heteroatoms. The third kappa shape index (κ3) is 4.02. The number of rotatable bonds is 4. The Labute approximate surface area is 113 Å². The Morgan fingerprint density at radius 1 is 1.17 bits per heavy atom. The molecule has 0 aromatic carbocycles. The zero-order valence-electron chi connectivity index (χ0n) is 11.4. The van der Waals surface area contributed by atoms with Crippen LogP contribution in [0.2, 0.25) is 0 Å². The first kappa shape index (κ1) is 14.4. The maximum atomic E-state index is 11.6. The Hall–Kier alpha value is 0.0300. The molecule has 2 fully saturated rings. The van der Waals surface area contributed by atoms with Gasteiger partial charge < -0.3 is 9.45 Å². The van der Waals surface area contributed by atoms with E-state index in [0.717, 1.165) is 38.6 Å². The van der Waals surface area contributed by atoms with E-state index in [1.54, 1.807) is 0 Å². The predicted octanol–water partition coefficient (Wildman–Crippen LogP) is 1.75. The van der Waals surface area contributed by atoms with Gasteiger partial charge in [-0.15, -0.1) is 0 Å². The second kappa shape index (κ2) is 6.98. The molecule has 0 spiro atoms. The molecule has 1 N–H and O–H groups in total. The summed E-state index contributed by atoms with van der Waals surface area (Å²) in [7, 11) is 0. The van der Waals surface area contributed by atoms with E-state index in [0.29, 0.717) is 0 Å². The summed E-state index contributed by atoms with van der Waals surface area (Å²) in [5.41, 5.74) is 0. The quantitative estimate of drug-likeness (QED) is 0.793. The van der Waals surface area contributed by atoms with Gasteiger partial charge in [0.2, 0.25) is 0 Å². The average molecular weight is 274 g/mol. The van der Waals surface area contributed by atoms with Crippen molar-refractivity contribution in [3.63, 3.8) is 0 Å². The molecule has 0 bridgehead atoms. The highest BCUT2D eigenvalue weighted by Gasteiger charge is 2.28. The van der Waals surface area contributed by atoms with Crippen LogP contribution in [0.1, 0.15) is 39.0 Å². The van der Waals surface area contributed by atoms with Gasteiger partial charge in [0.1, 0.15) is 5.37 Å². The Balaban J connectivity index is 1.87. The van der Waals surface area contributed by atoms with Crippen LogP contribution in [0.15, 0.2) is 0 Å². The van der Waals surface area contributed by atoms with Gasteiger partial charge in [-0.25, -0.2) is 4.21 Å². The molecule has 2 atom stereocenters. The summed E-state index contributed by atoms with van der Waals surface area (Å²) in [6.45, 7) is 7.20. The lowest BCUT2D eigenvalue weighted by Crippen LogP contribution is -2.49. The van der Waals surface area contributed by atoms with E-state index in [1.807, 2.05) is 0 Å². The average Bonchev–Trinajstić information content (AvgIpc) is 2.38. The van der Waals surface area contributed by atoms with Crippen LogP contribution in [0.3, 0.4) is 0 Å².